The van der Waals surface area contributed by atoms with Crippen LogP contribution in [0.3, 0.4) is 0 Å². The minimum atomic E-state index is -0.655. The molecule has 0 aliphatic rings. The molecule has 0 aliphatic heterocycles. The van der Waals surface area contributed by atoms with E-state index in [1.54, 1.807) is 24.7 Å². The number of hydrogen-bond donors (Lipinski definition) is 1. The molecule has 4 heteroatoms. The molecular formula is C17H15ClN2O. The fourth-order valence-corrected chi connectivity index (χ4v) is 2.50. The lowest BCUT2D eigenvalue weighted by molar-refractivity contribution is 0.220. The SMILES string of the molecule is Cc1cc(C(O)c2ccc(Cl)cc2)ccc1-n1ccnc1. The molecule has 3 aromatic rings. The van der Waals surface area contributed by atoms with Crippen LogP contribution in [0.1, 0.15) is 22.8 Å². The first-order valence-corrected chi connectivity index (χ1v) is 7.05. The van der Waals surface area contributed by atoms with Crippen LogP contribution < -0.4 is 0 Å². The molecule has 1 atom stereocenters. The number of aromatic nitrogens is 2. The van der Waals surface area contributed by atoms with Gasteiger partial charge in [-0.25, -0.2) is 4.98 Å². The summed E-state index contributed by atoms with van der Waals surface area (Å²) in [6.45, 7) is 2.02. The quantitative estimate of drug-likeness (QED) is 0.796. The Bertz CT molecular complexity index is 736. The summed E-state index contributed by atoms with van der Waals surface area (Å²) in [7, 11) is 0. The molecule has 3 rings (SSSR count). The van der Waals surface area contributed by atoms with Crippen LogP contribution in [-0.4, -0.2) is 14.7 Å². The van der Waals surface area contributed by atoms with Crippen molar-refractivity contribution in [2.75, 3.05) is 0 Å². The molecule has 1 aromatic heterocycles. The fraction of sp³-hybridized carbons (Fsp3) is 0.118. The molecule has 21 heavy (non-hydrogen) atoms. The summed E-state index contributed by atoms with van der Waals surface area (Å²) in [4.78, 5) is 4.05. The maximum Gasteiger partial charge on any atom is 0.104 e. The lowest BCUT2D eigenvalue weighted by atomic mass is 9.99. The van der Waals surface area contributed by atoms with Crippen molar-refractivity contribution in [3.05, 3.63) is 82.9 Å². The molecule has 3 nitrogen and oxygen atoms in total. The number of aryl methyl sites for hydroxylation is 1. The monoisotopic (exact) mass is 298 g/mol. The molecule has 0 bridgehead atoms. The summed E-state index contributed by atoms with van der Waals surface area (Å²) < 4.78 is 1.95. The maximum absolute atomic E-state index is 10.5. The second-order valence-electron chi connectivity index (χ2n) is 4.97. The van der Waals surface area contributed by atoms with Crippen LogP contribution in [0.25, 0.3) is 5.69 Å². The molecule has 1 unspecified atom stereocenters. The summed E-state index contributed by atoms with van der Waals surface area (Å²) in [5.74, 6) is 0. The zero-order valence-electron chi connectivity index (χ0n) is 11.6. The first kappa shape index (κ1) is 13.9. The predicted octanol–water partition coefficient (Wildman–Crippen LogP) is 3.92. The zero-order valence-corrected chi connectivity index (χ0v) is 12.3. The average Bonchev–Trinajstić information content (AvgIpc) is 3.01. The molecule has 0 saturated carbocycles. The van der Waals surface area contributed by atoms with Crippen LogP contribution >= 0.6 is 11.6 Å². The normalized spacial score (nSPS) is 12.3. The standard InChI is InChI=1S/C17H15ClN2O/c1-12-10-14(4-7-16(12)20-9-8-19-11-20)17(21)13-2-5-15(18)6-3-13/h2-11,17,21H,1H3. The summed E-state index contributed by atoms with van der Waals surface area (Å²) in [6.07, 6.45) is 4.75. The molecule has 0 fully saturated rings. The minimum absolute atomic E-state index is 0.655. The smallest absolute Gasteiger partial charge is 0.104 e. The van der Waals surface area contributed by atoms with E-state index < -0.39 is 6.10 Å². The second kappa shape index (κ2) is 5.72. The van der Waals surface area contributed by atoms with E-state index in [4.69, 9.17) is 11.6 Å². The van der Waals surface area contributed by atoms with Crippen LogP contribution in [-0.2, 0) is 0 Å². The largest absolute Gasteiger partial charge is 0.384 e. The van der Waals surface area contributed by atoms with E-state index >= 15 is 0 Å². The highest BCUT2D eigenvalue weighted by molar-refractivity contribution is 6.30. The fourth-order valence-electron chi connectivity index (χ4n) is 2.38. The Morgan fingerprint density at radius 2 is 1.81 bits per heavy atom. The van der Waals surface area contributed by atoms with Crippen molar-refractivity contribution >= 4 is 11.6 Å². The molecule has 2 aromatic carbocycles. The van der Waals surface area contributed by atoms with Gasteiger partial charge in [0.05, 0.1) is 6.33 Å². The lowest BCUT2D eigenvalue weighted by Crippen LogP contribution is -2.02. The van der Waals surface area contributed by atoms with Gasteiger partial charge in [-0.2, -0.15) is 0 Å². The predicted molar refractivity (Wildman–Crippen MR) is 83.8 cm³/mol. The van der Waals surface area contributed by atoms with Gasteiger partial charge in [-0.3, -0.25) is 0 Å². The highest BCUT2D eigenvalue weighted by atomic mass is 35.5. The van der Waals surface area contributed by atoms with Gasteiger partial charge in [0.2, 0.25) is 0 Å². The van der Waals surface area contributed by atoms with Crippen LogP contribution in [0.2, 0.25) is 5.02 Å². The second-order valence-corrected chi connectivity index (χ2v) is 5.41. The number of aliphatic hydroxyl groups is 1. The molecule has 1 N–H and O–H groups in total. The van der Waals surface area contributed by atoms with Crippen molar-refractivity contribution in [3.8, 4) is 5.69 Å². The van der Waals surface area contributed by atoms with E-state index in [0.29, 0.717) is 5.02 Å². The number of rotatable bonds is 3. The Kier molecular flexibility index (Phi) is 3.78. The number of nitrogens with zero attached hydrogens (tertiary/aromatic N) is 2. The molecule has 0 aliphatic carbocycles. The van der Waals surface area contributed by atoms with Gasteiger partial charge in [0, 0.05) is 23.1 Å². The van der Waals surface area contributed by atoms with Gasteiger partial charge in [-0.1, -0.05) is 35.9 Å². The van der Waals surface area contributed by atoms with Crippen LogP contribution in [0.15, 0.2) is 61.2 Å². The molecule has 1 heterocycles. The van der Waals surface area contributed by atoms with Gasteiger partial charge in [0.15, 0.2) is 0 Å². The third-order valence-electron chi connectivity index (χ3n) is 3.50. The number of halogens is 1. The van der Waals surface area contributed by atoms with Gasteiger partial charge in [-0.15, -0.1) is 0 Å². The van der Waals surface area contributed by atoms with E-state index in [1.165, 1.54) is 0 Å². The van der Waals surface area contributed by atoms with Crippen molar-refractivity contribution in [2.45, 2.75) is 13.0 Å². The topological polar surface area (TPSA) is 38.0 Å². The maximum atomic E-state index is 10.5. The average molecular weight is 299 g/mol. The highest BCUT2D eigenvalue weighted by Crippen LogP contribution is 2.26. The molecule has 106 valence electrons. The van der Waals surface area contributed by atoms with Gasteiger partial charge in [0.1, 0.15) is 6.10 Å². The van der Waals surface area contributed by atoms with Crippen LogP contribution in [0.5, 0.6) is 0 Å². The minimum Gasteiger partial charge on any atom is -0.384 e. The third-order valence-corrected chi connectivity index (χ3v) is 3.76. The van der Waals surface area contributed by atoms with Gasteiger partial charge < -0.3 is 9.67 Å². The van der Waals surface area contributed by atoms with E-state index in [0.717, 1.165) is 22.4 Å². The lowest BCUT2D eigenvalue weighted by Gasteiger charge is -2.14. The van der Waals surface area contributed by atoms with Crippen molar-refractivity contribution in [3.63, 3.8) is 0 Å². The van der Waals surface area contributed by atoms with E-state index in [9.17, 15) is 5.11 Å². The van der Waals surface area contributed by atoms with Crippen molar-refractivity contribution in [2.24, 2.45) is 0 Å². The van der Waals surface area contributed by atoms with Crippen LogP contribution in [0.4, 0.5) is 0 Å². The van der Waals surface area contributed by atoms with Crippen molar-refractivity contribution < 1.29 is 5.11 Å². The van der Waals surface area contributed by atoms with Gasteiger partial charge in [-0.05, 0) is 41.8 Å². The highest BCUT2D eigenvalue weighted by Gasteiger charge is 2.12. The van der Waals surface area contributed by atoms with Gasteiger partial charge >= 0.3 is 0 Å². The summed E-state index contributed by atoms with van der Waals surface area (Å²) in [5.41, 5.74) is 3.82. The first-order valence-electron chi connectivity index (χ1n) is 6.67. The van der Waals surface area contributed by atoms with E-state index in [2.05, 4.69) is 4.98 Å². The summed E-state index contributed by atoms with van der Waals surface area (Å²) >= 11 is 5.88. The Balaban J connectivity index is 1.93. The Hall–Kier alpha value is -2.10. The number of benzene rings is 2. The Labute approximate surface area is 128 Å². The molecule has 0 spiro atoms. The molecule has 0 amide bonds. The van der Waals surface area contributed by atoms with Crippen LogP contribution in [0, 0.1) is 6.92 Å². The van der Waals surface area contributed by atoms with Gasteiger partial charge in [0.25, 0.3) is 0 Å². The van der Waals surface area contributed by atoms with Crippen molar-refractivity contribution in [1.29, 1.82) is 0 Å². The third kappa shape index (κ3) is 2.84. The molecule has 0 saturated heterocycles. The van der Waals surface area contributed by atoms with Crippen molar-refractivity contribution in [1.82, 2.24) is 9.55 Å². The van der Waals surface area contributed by atoms with E-state index in [-0.39, 0.29) is 0 Å². The van der Waals surface area contributed by atoms with E-state index in [1.807, 2.05) is 48.0 Å². The number of imidazole rings is 1. The summed E-state index contributed by atoms with van der Waals surface area (Å²) in [5, 5.41) is 11.1. The first-order chi connectivity index (χ1) is 10.1. The number of aliphatic hydroxyl groups excluding tert-OH is 1. The summed E-state index contributed by atoms with van der Waals surface area (Å²) in [6, 6.07) is 13.2. The zero-order chi connectivity index (χ0) is 14.8. The molecule has 0 radical (unpaired) electrons. The Morgan fingerprint density at radius 3 is 2.43 bits per heavy atom. The molecular weight excluding hydrogens is 284 g/mol. The Morgan fingerprint density at radius 1 is 1.10 bits per heavy atom. The number of hydrogen-bond acceptors (Lipinski definition) is 2.